The van der Waals surface area contributed by atoms with Gasteiger partial charge in [0.15, 0.2) is 11.5 Å². The molecule has 0 unspecified atom stereocenters. The van der Waals surface area contributed by atoms with Crippen molar-refractivity contribution >= 4 is 21.8 Å². The van der Waals surface area contributed by atoms with Crippen LogP contribution in [0.25, 0.3) is 0 Å². The molecular weight excluding hydrogens is 465 g/mol. The van der Waals surface area contributed by atoms with Crippen LogP contribution < -0.4 is 20.1 Å². The fourth-order valence-corrected chi connectivity index (χ4v) is 5.79. The Balaban J connectivity index is 1.27. The highest BCUT2D eigenvalue weighted by Gasteiger charge is 2.33. The van der Waals surface area contributed by atoms with E-state index in [2.05, 4.69) is 10.6 Å². The molecule has 0 spiro atoms. The highest BCUT2D eigenvalue weighted by Crippen LogP contribution is 2.32. The minimum absolute atomic E-state index is 0.0349. The highest BCUT2D eigenvalue weighted by molar-refractivity contribution is 7.89. The number of carbonyl (C=O) groups excluding carboxylic acids is 2. The number of sulfonamides is 1. The number of piperidine rings is 1. The summed E-state index contributed by atoms with van der Waals surface area (Å²) in [6.45, 7) is 0.803. The topological polar surface area (TPSA) is 114 Å². The van der Waals surface area contributed by atoms with Crippen LogP contribution in [0.3, 0.4) is 0 Å². The minimum Gasteiger partial charge on any atom is -0.454 e. The summed E-state index contributed by atoms with van der Waals surface area (Å²) in [5.74, 6) is -0.856. The van der Waals surface area contributed by atoms with E-state index in [1.165, 1.54) is 16.4 Å². The van der Waals surface area contributed by atoms with Crippen molar-refractivity contribution in [2.24, 2.45) is 0 Å². The Morgan fingerprint density at radius 1 is 1.00 bits per heavy atom. The van der Waals surface area contributed by atoms with E-state index in [4.69, 9.17) is 9.47 Å². The molecule has 2 aliphatic heterocycles. The number of hydrogen-bond donors (Lipinski definition) is 2. The van der Waals surface area contributed by atoms with Crippen molar-refractivity contribution in [2.75, 3.05) is 19.9 Å². The first-order valence-electron chi connectivity index (χ1n) is 11.1. The van der Waals surface area contributed by atoms with Crippen molar-refractivity contribution in [1.82, 2.24) is 14.9 Å². The monoisotopic (exact) mass is 491 g/mol. The van der Waals surface area contributed by atoms with E-state index in [0.29, 0.717) is 30.9 Å². The predicted molar refractivity (Wildman–Crippen MR) is 120 cm³/mol. The summed E-state index contributed by atoms with van der Waals surface area (Å²) >= 11 is 0. The molecule has 182 valence electrons. The first-order valence-corrected chi connectivity index (χ1v) is 12.5. The first kappa shape index (κ1) is 24.0. The standard InChI is InChI=1S/C23H26FN3O6S/c24-17-5-7-19(8-6-17)34(30,31)27-12-2-1-3-18(27)10-11-25-22(28)23(29)26-14-16-4-9-20-21(13-16)33-15-32-20/h4-9,13,18H,1-3,10-12,14-15H2,(H,25,28)(H,26,29)/t18-/m1/s1. The van der Waals surface area contributed by atoms with E-state index >= 15 is 0 Å². The highest BCUT2D eigenvalue weighted by atomic mass is 32.2. The maximum absolute atomic E-state index is 13.2. The quantitative estimate of drug-likeness (QED) is 0.572. The van der Waals surface area contributed by atoms with Gasteiger partial charge in [0.2, 0.25) is 16.8 Å². The summed E-state index contributed by atoms with van der Waals surface area (Å²) < 4.78 is 51.2. The maximum atomic E-state index is 13.2. The number of nitrogens with one attached hydrogen (secondary N) is 2. The van der Waals surface area contributed by atoms with Crippen LogP contribution in [0, 0.1) is 5.82 Å². The van der Waals surface area contributed by atoms with Gasteiger partial charge in [-0.15, -0.1) is 0 Å². The summed E-state index contributed by atoms with van der Waals surface area (Å²) in [5.41, 5.74) is 0.759. The maximum Gasteiger partial charge on any atom is 0.309 e. The van der Waals surface area contributed by atoms with Gasteiger partial charge in [-0.05, 0) is 61.2 Å². The molecule has 2 aliphatic rings. The van der Waals surface area contributed by atoms with Gasteiger partial charge in [0.25, 0.3) is 0 Å². The number of fused-ring (bicyclic) bond motifs is 1. The minimum atomic E-state index is -3.78. The summed E-state index contributed by atoms with van der Waals surface area (Å²) in [6, 6.07) is 9.67. The number of nitrogens with zero attached hydrogens (tertiary/aromatic N) is 1. The summed E-state index contributed by atoms with van der Waals surface area (Å²) in [7, 11) is -3.78. The molecule has 1 fully saturated rings. The molecule has 4 rings (SSSR count). The van der Waals surface area contributed by atoms with Crippen molar-refractivity contribution in [3.05, 3.63) is 53.8 Å². The van der Waals surface area contributed by atoms with E-state index in [9.17, 15) is 22.4 Å². The third-order valence-corrected chi connectivity index (χ3v) is 7.82. The van der Waals surface area contributed by atoms with E-state index in [-0.39, 0.29) is 30.8 Å². The molecule has 34 heavy (non-hydrogen) atoms. The van der Waals surface area contributed by atoms with Crippen LogP contribution in [0.2, 0.25) is 0 Å². The lowest BCUT2D eigenvalue weighted by atomic mass is 10.0. The van der Waals surface area contributed by atoms with Crippen molar-refractivity contribution in [1.29, 1.82) is 0 Å². The molecule has 0 bridgehead atoms. The van der Waals surface area contributed by atoms with Crippen molar-refractivity contribution in [3.63, 3.8) is 0 Å². The molecule has 0 aromatic heterocycles. The lowest BCUT2D eigenvalue weighted by Crippen LogP contribution is -2.46. The van der Waals surface area contributed by atoms with Crippen LogP contribution in [0.5, 0.6) is 11.5 Å². The van der Waals surface area contributed by atoms with E-state index in [1.807, 2.05) is 0 Å². The van der Waals surface area contributed by atoms with Gasteiger partial charge in [-0.1, -0.05) is 12.5 Å². The average molecular weight is 492 g/mol. The number of ether oxygens (including phenoxy) is 2. The molecule has 2 N–H and O–H groups in total. The van der Waals surface area contributed by atoms with E-state index in [1.54, 1.807) is 18.2 Å². The first-order chi connectivity index (χ1) is 16.3. The van der Waals surface area contributed by atoms with E-state index < -0.39 is 27.7 Å². The zero-order valence-electron chi connectivity index (χ0n) is 18.5. The number of halogens is 1. The average Bonchev–Trinajstić information content (AvgIpc) is 3.31. The SMILES string of the molecule is O=C(NCC[C@H]1CCCCN1S(=O)(=O)c1ccc(F)cc1)C(=O)NCc1ccc2c(c1)OCO2. The van der Waals surface area contributed by atoms with Crippen LogP contribution in [0.1, 0.15) is 31.2 Å². The summed E-state index contributed by atoms with van der Waals surface area (Å²) in [6.07, 6.45) is 2.60. The zero-order valence-corrected chi connectivity index (χ0v) is 19.3. The van der Waals surface area contributed by atoms with Gasteiger partial charge in [0.1, 0.15) is 5.82 Å². The summed E-state index contributed by atoms with van der Waals surface area (Å²) in [4.78, 5) is 24.4. The van der Waals surface area contributed by atoms with Gasteiger partial charge in [0, 0.05) is 25.7 Å². The molecule has 0 saturated carbocycles. The fraction of sp³-hybridized carbons (Fsp3) is 0.391. The number of hydrogen-bond acceptors (Lipinski definition) is 6. The Bertz CT molecular complexity index is 1160. The van der Waals surface area contributed by atoms with Crippen LogP contribution in [0.4, 0.5) is 4.39 Å². The third-order valence-electron chi connectivity index (χ3n) is 5.85. The molecule has 0 aliphatic carbocycles. The zero-order chi connectivity index (χ0) is 24.1. The second-order valence-corrected chi connectivity index (χ2v) is 10.0. The molecule has 2 aromatic rings. The normalized spacial score (nSPS) is 17.9. The molecule has 11 heteroatoms. The van der Waals surface area contributed by atoms with Crippen molar-refractivity contribution < 1.29 is 31.9 Å². The lowest BCUT2D eigenvalue weighted by Gasteiger charge is -2.34. The van der Waals surface area contributed by atoms with Gasteiger partial charge < -0.3 is 20.1 Å². The molecule has 2 aromatic carbocycles. The Hall–Kier alpha value is -3.18. The molecule has 0 radical (unpaired) electrons. The smallest absolute Gasteiger partial charge is 0.309 e. The predicted octanol–water partition coefficient (Wildman–Crippen LogP) is 1.92. The summed E-state index contributed by atoms with van der Waals surface area (Å²) in [5, 5.41) is 5.11. The van der Waals surface area contributed by atoms with Crippen LogP contribution in [-0.4, -0.2) is 50.5 Å². The number of carbonyl (C=O) groups is 2. The number of benzene rings is 2. The Kier molecular flexibility index (Phi) is 7.32. The molecule has 2 amide bonds. The fourth-order valence-electron chi connectivity index (χ4n) is 4.07. The molecule has 1 saturated heterocycles. The second kappa shape index (κ2) is 10.4. The van der Waals surface area contributed by atoms with Crippen LogP contribution >= 0.6 is 0 Å². The Morgan fingerprint density at radius 3 is 2.53 bits per heavy atom. The van der Waals surface area contributed by atoms with Crippen LogP contribution in [0.15, 0.2) is 47.4 Å². The van der Waals surface area contributed by atoms with Gasteiger partial charge >= 0.3 is 11.8 Å². The molecule has 9 nitrogen and oxygen atoms in total. The molecule has 1 atom stereocenters. The van der Waals surface area contributed by atoms with Gasteiger partial charge in [0.05, 0.1) is 4.90 Å². The Labute approximate surface area is 197 Å². The van der Waals surface area contributed by atoms with Crippen LogP contribution in [-0.2, 0) is 26.2 Å². The molecule has 2 heterocycles. The van der Waals surface area contributed by atoms with Crippen molar-refractivity contribution in [3.8, 4) is 11.5 Å². The number of amides is 2. The second-order valence-electron chi connectivity index (χ2n) is 8.13. The lowest BCUT2D eigenvalue weighted by molar-refractivity contribution is -0.139. The van der Waals surface area contributed by atoms with Gasteiger partial charge in [-0.2, -0.15) is 4.31 Å². The molecular formula is C23H26FN3O6S. The van der Waals surface area contributed by atoms with Crippen molar-refractivity contribution in [2.45, 2.75) is 43.2 Å². The van der Waals surface area contributed by atoms with Gasteiger partial charge in [-0.25, -0.2) is 12.8 Å². The Morgan fingerprint density at radius 2 is 1.74 bits per heavy atom. The largest absolute Gasteiger partial charge is 0.454 e. The number of rotatable bonds is 7. The third kappa shape index (κ3) is 5.48. The van der Waals surface area contributed by atoms with Gasteiger partial charge in [-0.3, -0.25) is 9.59 Å². The van der Waals surface area contributed by atoms with E-state index in [0.717, 1.165) is 30.5 Å².